The van der Waals surface area contributed by atoms with Crippen molar-refractivity contribution in [1.29, 1.82) is 0 Å². The highest BCUT2D eigenvalue weighted by Crippen LogP contribution is 2.27. The minimum absolute atomic E-state index is 0.145. The smallest absolute Gasteiger partial charge is 0.281 e. The molecule has 0 heterocycles. The molecule has 0 spiro atoms. The maximum absolute atomic E-state index is 11.7. The molecule has 22 heavy (non-hydrogen) atoms. The van der Waals surface area contributed by atoms with Crippen LogP contribution in [0.15, 0.2) is 48.5 Å². The van der Waals surface area contributed by atoms with Gasteiger partial charge in [-0.1, -0.05) is 36.4 Å². The van der Waals surface area contributed by atoms with E-state index in [1.807, 2.05) is 49.4 Å². The summed E-state index contributed by atoms with van der Waals surface area (Å²) < 4.78 is 10.6. The quantitative estimate of drug-likeness (QED) is 0.799. The Kier molecular flexibility index (Phi) is 5.80. The molecule has 5 heteroatoms. The van der Waals surface area contributed by atoms with Gasteiger partial charge in [-0.15, -0.1) is 0 Å². The fourth-order valence-electron chi connectivity index (χ4n) is 1.84. The van der Waals surface area contributed by atoms with Crippen molar-refractivity contribution in [1.82, 2.24) is 5.48 Å². The Bertz CT molecular complexity index is 613. The minimum atomic E-state index is -0.362. The first-order valence-corrected chi connectivity index (χ1v) is 6.91. The summed E-state index contributed by atoms with van der Waals surface area (Å²) in [5.74, 6) is 0.753. The van der Waals surface area contributed by atoms with E-state index in [-0.39, 0.29) is 12.5 Å². The van der Waals surface area contributed by atoms with E-state index in [4.69, 9.17) is 14.3 Å². The second-order valence-corrected chi connectivity index (χ2v) is 4.74. The molecule has 0 aliphatic rings. The lowest BCUT2D eigenvalue weighted by molar-refractivity contribution is -0.136. The predicted molar refractivity (Wildman–Crippen MR) is 82.6 cm³/mol. The number of aryl methyl sites for hydroxylation is 1. The number of benzene rings is 2. The number of carbonyl (C=O) groups excluding carboxylic acids is 1. The fourth-order valence-corrected chi connectivity index (χ4v) is 1.84. The van der Waals surface area contributed by atoms with Gasteiger partial charge in [0.05, 0.1) is 13.7 Å². The number of methoxy groups -OCH3 is 1. The van der Waals surface area contributed by atoms with Crippen molar-refractivity contribution < 1.29 is 19.1 Å². The van der Waals surface area contributed by atoms with Crippen molar-refractivity contribution >= 4 is 5.91 Å². The zero-order valence-corrected chi connectivity index (χ0v) is 12.7. The molecule has 0 atom stereocenters. The summed E-state index contributed by atoms with van der Waals surface area (Å²) in [7, 11) is 1.56. The molecule has 0 radical (unpaired) electrons. The average Bonchev–Trinajstić information content (AvgIpc) is 2.54. The summed E-state index contributed by atoms with van der Waals surface area (Å²) in [5, 5.41) is 0. The first-order valence-electron chi connectivity index (χ1n) is 6.91. The minimum Gasteiger partial charge on any atom is -0.493 e. The number of hydrogen-bond acceptors (Lipinski definition) is 4. The number of ether oxygens (including phenoxy) is 2. The Labute approximate surface area is 129 Å². The Morgan fingerprint density at radius 3 is 2.59 bits per heavy atom. The number of nitrogens with one attached hydrogen (secondary N) is 1. The van der Waals surface area contributed by atoms with Crippen LogP contribution in [0.2, 0.25) is 0 Å². The summed E-state index contributed by atoms with van der Waals surface area (Å²) in [6.45, 7) is 2.12. The summed E-state index contributed by atoms with van der Waals surface area (Å²) in [5.41, 5.74) is 4.38. The van der Waals surface area contributed by atoms with Crippen molar-refractivity contribution in [3.8, 4) is 11.5 Å². The van der Waals surface area contributed by atoms with E-state index in [9.17, 15) is 4.79 Å². The van der Waals surface area contributed by atoms with Gasteiger partial charge in [-0.05, 0) is 30.2 Å². The van der Waals surface area contributed by atoms with Crippen molar-refractivity contribution in [2.24, 2.45) is 0 Å². The van der Waals surface area contributed by atoms with E-state index in [0.717, 1.165) is 11.1 Å². The van der Waals surface area contributed by atoms with Gasteiger partial charge in [0.1, 0.15) is 0 Å². The standard InChI is InChI=1S/C17H19NO4/c1-13-8-9-15(16(10-13)20-2)21-12-17(19)18-22-11-14-6-4-3-5-7-14/h3-10H,11-12H2,1-2H3,(H,18,19). The molecule has 2 aromatic rings. The largest absolute Gasteiger partial charge is 0.493 e. The van der Waals surface area contributed by atoms with Crippen LogP contribution in [-0.4, -0.2) is 19.6 Å². The third-order valence-corrected chi connectivity index (χ3v) is 2.95. The maximum Gasteiger partial charge on any atom is 0.281 e. The highest BCUT2D eigenvalue weighted by Gasteiger charge is 2.07. The van der Waals surface area contributed by atoms with Crippen molar-refractivity contribution in [2.45, 2.75) is 13.5 Å². The van der Waals surface area contributed by atoms with Gasteiger partial charge in [-0.3, -0.25) is 9.63 Å². The van der Waals surface area contributed by atoms with E-state index >= 15 is 0 Å². The van der Waals surface area contributed by atoms with Crippen LogP contribution >= 0.6 is 0 Å². The van der Waals surface area contributed by atoms with Crippen LogP contribution in [0, 0.1) is 6.92 Å². The van der Waals surface area contributed by atoms with Crippen LogP contribution in [0.3, 0.4) is 0 Å². The van der Waals surface area contributed by atoms with E-state index in [2.05, 4.69) is 5.48 Å². The Morgan fingerprint density at radius 1 is 1.09 bits per heavy atom. The molecule has 0 aromatic heterocycles. The number of amides is 1. The van der Waals surface area contributed by atoms with E-state index in [1.54, 1.807) is 13.2 Å². The molecule has 5 nitrogen and oxygen atoms in total. The fraction of sp³-hybridized carbons (Fsp3) is 0.235. The van der Waals surface area contributed by atoms with Crippen molar-refractivity contribution in [2.75, 3.05) is 13.7 Å². The first-order chi connectivity index (χ1) is 10.7. The van der Waals surface area contributed by atoms with Gasteiger partial charge in [0.15, 0.2) is 18.1 Å². The monoisotopic (exact) mass is 301 g/mol. The molecule has 0 unspecified atom stereocenters. The molecule has 0 saturated heterocycles. The SMILES string of the molecule is COc1cc(C)ccc1OCC(=O)NOCc1ccccc1. The van der Waals surface area contributed by atoms with Crippen molar-refractivity contribution in [3.05, 3.63) is 59.7 Å². The lowest BCUT2D eigenvalue weighted by Gasteiger charge is -2.11. The number of rotatable bonds is 7. The molecule has 0 fully saturated rings. The molecule has 2 rings (SSSR count). The molecular weight excluding hydrogens is 282 g/mol. The summed E-state index contributed by atoms with van der Waals surface area (Å²) in [6.07, 6.45) is 0. The Balaban J connectivity index is 1.76. The average molecular weight is 301 g/mol. The zero-order valence-electron chi connectivity index (χ0n) is 12.7. The normalized spacial score (nSPS) is 10.1. The van der Waals surface area contributed by atoms with E-state index < -0.39 is 0 Å². The lowest BCUT2D eigenvalue weighted by Crippen LogP contribution is -2.29. The van der Waals surface area contributed by atoms with Gasteiger partial charge in [0, 0.05) is 0 Å². The van der Waals surface area contributed by atoms with Crippen LogP contribution in [0.4, 0.5) is 0 Å². The second-order valence-electron chi connectivity index (χ2n) is 4.74. The van der Waals surface area contributed by atoms with Gasteiger partial charge < -0.3 is 9.47 Å². The molecule has 116 valence electrons. The lowest BCUT2D eigenvalue weighted by atomic mass is 10.2. The summed E-state index contributed by atoms with van der Waals surface area (Å²) in [6, 6.07) is 15.1. The molecule has 0 aliphatic heterocycles. The molecular formula is C17H19NO4. The van der Waals surface area contributed by atoms with Gasteiger partial charge in [0.2, 0.25) is 0 Å². The zero-order chi connectivity index (χ0) is 15.8. The van der Waals surface area contributed by atoms with Crippen LogP contribution in [-0.2, 0) is 16.2 Å². The van der Waals surface area contributed by atoms with Crippen molar-refractivity contribution in [3.63, 3.8) is 0 Å². The summed E-state index contributed by atoms with van der Waals surface area (Å²) in [4.78, 5) is 16.8. The highest BCUT2D eigenvalue weighted by molar-refractivity contribution is 5.76. The Hall–Kier alpha value is -2.53. The third-order valence-electron chi connectivity index (χ3n) is 2.95. The number of carbonyl (C=O) groups is 1. The van der Waals surface area contributed by atoms with Crippen LogP contribution < -0.4 is 15.0 Å². The van der Waals surface area contributed by atoms with Gasteiger partial charge >= 0.3 is 0 Å². The molecule has 0 bridgehead atoms. The van der Waals surface area contributed by atoms with E-state index in [1.165, 1.54) is 0 Å². The summed E-state index contributed by atoms with van der Waals surface area (Å²) >= 11 is 0. The molecule has 2 aromatic carbocycles. The second kappa shape index (κ2) is 8.05. The number of hydrogen-bond donors (Lipinski definition) is 1. The van der Waals surface area contributed by atoms with Gasteiger partial charge in [0.25, 0.3) is 5.91 Å². The number of hydroxylamine groups is 1. The topological polar surface area (TPSA) is 56.8 Å². The molecule has 0 saturated carbocycles. The predicted octanol–water partition coefficient (Wildman–Crippen LogP) is 2.63. The van der Waals surface area contributed by atoms with Crippen LogP contribution in [0.5, 0.6) is 11.5 Å². The van der Waals surface area contributed by atoms with Gasteiger partial charge in [-0.2, -0.15) is 0 Å². The molecule has 1 N–H and O–H groups in total. The maximum atomic E-state index is 11.7. The Morgan fingerprint density at radius 2 is 1.86 bits per heavy atom. The molecule has 1 amide bonds. The first kappa shape index (κ1) is 15.9. The van der Waals surface area contributed by atoms with Crippen LogP contribution in [0.25, 0.3) is 0 Å². The van der Waals surface area contributed by atoms with E-state index in [0.29, 0.717) is 18.1 Å². The highest BCUT2D eigenvalue weighted by atomic mass is 16.7. The van der Waals surface area contributed by atoms with Gasteiger partial charge in [-0.25, -0.2) is 5.48 Å². The third kappa shape index (κ3) is 4.79. The van der Waals surface area contributed by atoms with Crippen LogP contribution in [0.1, 0.15) is 11.1 Å². The molecule has 0 aliphatic carbocycles.